The van der Waals surface area contributed by atoms with E-state index in [-0.39, 0.29) is 18.0 Å². The standard InChI is InChI=1S/C14H16FN3O2S/c1-18(10-11-4-2-3-5-14(11)15)21(19,20)13-7-6-12(8-16)17-9-13/h2-7,9H,8,10,16H2,1H3. The van der Waals surface area contributed by atoms with Crippen molar-refractivity contribution < 1.29 is 12.8 Å². The van der Waals surface area contributed by atoms with Crippen molar-refractivity contribution in [2.75, 3.05) is 7.05 Å². The van der Waals surface area contributed by atoms with Crippen LogP contribution in [0.25, 0.3) is 0 Å². The average Bonchev–Trinajstić information content (AvgIpc) is 2.49. The van der Waals surface area contributed by atoms with Crippen LogP contribution in [0.2, 0.25) is 0 Å². The summed E-state index contributed by atoms with van der Waals surface area (Å²) < 4.78 is 39.4. The Labute approximate surface area is 123 Å². The number of hydrogen-bond acceptors (Lipinski definition) is 4. The van der Waals surface area contributed by atoms with E-state index in [1.807, 2.05) is 0 Å². The van der Waals surface area contributed by atoms with E-state index in [4.69, 9.17) is 5.73 Å². The predicted octanol–water partition coefficient (Wildman–Crippen LogP) is 1.50. The first-order chi connectivity index (χ1) is 9.95. The number of benzene rings is 1. The Morgan fingerprint density at radius 1 is 1.24 bits per heavy atom. The topological polar surface area (TPSA) is 76.3 Å². The van der Waals surface area contributed by atoms with Gasteiger partial charge in [0.05, 0.1) is 5.69 Å². The van der Waals surface area contributed by atoms with Crippen molar-refractivity contribution in [1.82, 2.24) is 9.29 Å². The van der Waals surface area contributed by atoms with Gasteiger partial charge < -0.3 is 5.73 Å². The van der Waals surface area contributed by atoms with Crippen LogP contribution >= 0.6 is 0 Å². The number of hydrogen-bond donors (Lipinski definition) is 1. The van der Waals surface area contributed by atoms with E-state index in [1.54, 1.807) is 24.3 Å². The van der Waals surface area contributed by atoms with Crippen LogP contribution in [0, 0.1) is 5.82 Å². The van der Waals surface area contributed by atoms with E-state index >= 15 is 0 Å². The van der Waals surface area contributed by atoms with Crippen LogP contribution in [0.3, 0.4) is 0 Å². The highest BCUT2D eigenvalue weighted by Gasteiger charge is 2.22. The fraction of sp³-hybridized carbons (Fsp3) is 0.214. The van der Waals surface area contributed by atoms with Crippen LogP contribution in [-0.2, 0) is 23.1 Å². The Morgan fingerprint density at radius 2 is 1.95 bits per heavy atom. The lowest BCUT2D eigenvalue weighted by molar-refractivity contribution is 0.456. The van der Waals surface area contributed by atoms with Crippen LogP contribution in [-0.4, -0.2) is 24.8 Å². The van der Waals surface area contributed by atoms with E-state index < -0.39 is 15.8 Å². The van der Waals surface area contributed by atoms with E-state index in [2.05, 4.69) is 4.98 Å². The zero-order valence-electron chi connectivity index (χ0n) is 11.5. The lowest BCUT2D eigenvalue weighted by Gasteiger charge is -2.17. The quantitative estimate of drug-likeness (QED) is 0.908. The molecule has 0 spiro atoms. The second kappa shape index (κ2) is 6.30. The third-order valence-corrected chi connectivity index (χ3v) is 4.85. The van der Waals surface area contributed by atoms with Crippen molar-refractivity contribution in [3.63, 3.8) is 0 Å². The summed E-state index contributed by atoms with van der Waals surface area (Å²) in [5.74, 6) is -0.434. The number of nitrogens with zero attached hydrogens (tertiary/aromatic N) is 2. The summed E-state index contributed by atoms with van der Waals surface area (Å²) in [4.78, 5) is 4.02. The minimum atomic E-state index is -3.72. The summed E-state index contributed by atoms with van der Waals surface area (Å²) in [6.45, 7) is 0.193. The van der Waals surface area contributed by atoms with Crippen LogP contribution in [0.5, 0.6) is 0 Å². The summed E-state index contributed by atoms with van der Waals surface area (Å²) in [5.41, 5.74) is 6.34. The maximum absolute atomic E-state index is 13.6. The van der Waals surface area contributed by atoms with E-state index in [0.29, 0.717) is 11.3 Å². The minimum absolute atomic E-state index is 0.0480. The van der Waals surface area contributed by atoms with Crippen LogP contribution in [0.15, 0.2) is 47.5 Å². The Bertz CT molecular complexity index is 717. The van der Waals surface area contributed by atoms with Crippen molar-refractivity contribution in [3.8, 4) is 0 Å². The number of halogens is 1. The molecule has 21 heavy (non-hydrogen) atoms. The van der Waals surface area contributed by atoms with Crippen molar-refractivity contribution in [2.24, 2.45) is 5.73 Å². The summed E-state index contributed by atoms with van der Waals surface area (Å²) >= 11 is 0. The second-order valence-corrected chi connectivity index (χ2v) is 6.59. The second-order valence-electron chi connectivity index (χ2n) is 4.54. The van der Waals surface area contributed by atoms with Crippen LogP contribution < -0.4 is 5.73 Å². The maximum atomic E-state index is 13.6. The largest absolute Gasteiger partial charge is 0.325 e. The van der Waals surface area contributed by atoms with Gasteiger partial charge in [-0.05, 0) is 18.2 Å². The highest BCUT2D eigenvalue weighted by Crippen LogP contribution is 2.17. The van der Waals surface area contributed by atoms with Gasteiger partial charge in [0.15, 0.2) is 0 Å². The molecule has 0 aliphatic heterocycles. The molecule has 1 heterocycles. The first-order valence-electron chi connectivity index (χ1n) is 6.30. The van der Waals surface area contributed by atoms with Gasteiger partial charge >= 0.3 is 0 Å². The molecule has 0 radical (unpaired) electrons. The summed E-state index contributed by atoms with van der Waals surface area (Å²) in [5, 5.41) is 0. The molecule has 1 aromatic carbocycles. The molecule has 0 amide bonds. The van der Waals surface area contributed by atoms with Crippen molar-refractivity contribution in [1.29, 1.82) is 0 Å². The van der Waals surface area contributed by atoms with Gasteiger partial charge in [-0.15, -0.1) is 0 Å². The molecule has 2 rings (SSSR count). The fourth-order valence-electron chi connectivity index (χ4n) is 1.82. The molecule has 1 aromatic heterocycles. The summed E-state index contributed by atoms with van der Waals surface area (Å²) in [6, 6.07) is 9.08. The lowest BCUT2D eigenvalue weighted by atomic mass is 10.2. The van der Waals surface area contributed by atoms with Crippen molar-refractivity contribution in [3.05, 3.63) is 59.7 Å². The Kier molecular flexibility index (Phi) is 4.66. The van der Waals surface area contributed by atoms with Gasteiger partial charge in [0.2, 0.25) is 10.0 Å². The molecule has 0 fully saturated rings. The molecule has 2 N–H and O–H groups in total. The van der Waals surface area contributed by atoms with Gasteiger partial charge in [-0.2, -0.15) is 4.31 Å². The molecular weight excluding hydrogens is 293 g/mol. The molecule has 0 saturated heterocycles. The molecule has 0 bridgehead atoms. The van der Waals surface area contributed by atoms with E-state index in [1.165, 1.54) is 25.4 Å². The van der Waals surface area contributed by atoms with Crippen molar-refractivity contribution in [2.45, 2.75) is 18.0 Å². The Hall–Kier alpha value is -1.83. The molecule has 112 valence electrons. The SMILES string of the molecule is CN(Cc1ccccc1F)S(=O)(=O)c1ccc(CN)nc1. The summed E-state index contributed by atoms with van der Waals surface area (Å²) in [6.07, 6.45) is 1.26. The lowest BCUT2D eigenvalue weighted by Crippen LogP contribution is -2.27. The number of nitrogens with two attached hydrogens (primary N) is 1. The Morgan fingerprint density at radius 3 is 2.52 bits per heavy atom. The zero-order valence-corrected chi connectivity index (χ0v) is 12.3. The fourth-order valence-corrected chi connectivity index (χ4v) is 2.91. The number of sulfonamides is 1. The first kappa shape index (κ1) is 15.6. The molecule has 2 aromatic rings. The molecule has 0 aliphatic carbocycles. The number of rotatable bonds is 5. The predicted molar refractivity (Wildman–Crippen MR) is 77.2 cm³/mol. The van der Waals surface area contributed by atoms with E-state index in [9.17, 15) is 12.8 Å². The third kappa shape index (κ3) is 3.44. The van der Waals surface area contributed by atoms with Gasteiger partial charge in [-0.3, -0.25) is 4.98 Å². The molecule has 0 unspecified atom stereocenters. The van der Waals surface area contributed by atoms with E-state index in [0.717, 1.165) is 4.31 Å². The first-order valence-corrected chi connectivity index (χ1v) is 7.74. The third-order valence-electron chi connectivity index (χ3n) is 3.07. The van der Waals surface area contributed by atoms with Crippen molar-refractivity contribution >= 4 is 10.0 Å². The monoisotopic (exact) mass is 309 g/mol. The Balaban J connectivity index is 2.24. The summed E-state index contributed by atoms with van der Waals surface area (Å²) in [7, 11) is -2.31. The molecule has 7 heteroatoms. The molecule has 0 aliphatic rings. The van der Waals surface area contributed by atoms with Gasteiger partial charge in [0, 0.05) is 31.9 Å². The van der Waals surface area contributed by atoms with Gasteiger partial charge in [0.1, 0.15) is 10.7 Å². The van der Waals surface area contributed by atoms with Crippen LogP contribution in [0.1, 0.15) is 11.3 Å². The molecule has 0 saturated carbocycles. The van der Waals surface area contributed by atoms with Gasteiger partial charge in [0.25, 0.3) is 0 Å². The number of pyridine rings is 1. The average molecular weight is 309 g/mol. The maximum Gasteiger partial charge on any atom is 0.244 e. The number of aromatic nitrogens is 1. The molecular formula is C14H16FN3O2S. The van der Waals surface area contributed by atoms with Crippen LogP contribution in [0.4, 0.5) is 4.39 Å². The normalized spacial score (nSPS) is 11.8. The van der Waals surface area contributed by atoms with Gasteiger partial charge in [-0.25, -0.2) is 12.8 Å². The molecule has 0 atom stereocenters. The highest BCUT2D eigenvalue weighted by molar-refractivity contribution is 7.89. The van der Waals surface area contributed by atoms with Gasteiger partial charge in [-0.1, -0.05) is 18.2 Å². The highest BCUT2D eigenvalue weighted by atomic mass is 32.2. The molecule has 5 nitrogen and oxygen atoms in total. The smallest absolute Gasteiger partial charge is 0.244 e. The zero-order chi connectivity index (χ0) is 15.5. The minimum Gasteiger partial charge on any atom is -0.325 e.